The highest BCUT2D eigenvalue weighted by Gasteiger charge is 2.51. The molecule has 1 aliphatic carbocycles. The molecule has 40 heavy (non-hydrogen) atoms. The number of amides is 1. The van der Waals surface area contributed by atoms with E-state index in [2.05, 4.69) is 10.6 Å². The topological polar surface area (TPSA) is 298 Å². The molecule has 17 heteroatoms. The van der Waals surface area contributed by atoms with Crippen molar-refractivity contribution in [1.82, 2.24) is 10.6 Å². The summed E-state index contributed by atoms with van der Waals surface area (Å²) in [6.07, 6.45) is -16.0. The van der Waals surface area contributed by atoms with E-state index in [-0.39, 0.29) is 25.8 Å². The number of carbonyl (C=O) groups excluding carboxylic acids is 1. The summed E-state index contributed by atoms with van der Waals surface area (Å²) in [5.74, 6) is -0.808. The van der Waals surface area contributed by atoms with Crippen LogP contribution in [0.25, 0.3) is 0 Å². The number of nitrogens with two attached hydrogens (primary N) is 3. The normalized spacial score (nSPS) is 45.2. The Balaban J connectivity index is 1.84. The van der Waals surface area contributed by atoms with Crippen molar-refractivity contribution < 1.29 is 59.5 Å². The van der Waals surface area contributed by atoms with Gasteiger partial charge in [-0.3, -0.25) is 4.79 Å². The Morgan fingerprint density at radius 2 is 1.62 bits per heavy atom. The van der Waals surface area contributed by atoms with Crippen LogP contribution in [0, 0.1) is 0 Å². The largest absolute Gasteiger partial charge is 0.394 e. The fourth-order valence-electron chi connectivity index (χ4n) is 5.23. The van der Waals surface area contributed by atoms with Crippen molar-refractivity contribution in [2.24, 2.45) is 17.2 Å². The molecule has 15 N–H and O–H groups in total. The smallest absolute Gasteiger partial charge is 0.249 e. The first-order valence-corrected chi connectivity index (χ1v) is 13.4. The number of rotatable bonds is 11. The predicted molar refractivity (Wildman–Crippen MR) is 135 cm³/mol. The van der Waals surface area contributed by atoms with Gasteiger partial charge in [-0.2, -0.15) is 0 Å². The van der Waals surface area contributed by atoms with Crippen LogP contribution in [-0.4, -0.2) is 160 Å². The summed E-state index contributed by atoms with van der Waals surface area (Å²) in [7, 11) is 1.69. The molecule has 0 aromatic carbocycles. The third-order valence-corrected chi connectivity index (χ3v) is 7.54. The van der Waals surface area contributed by atoms with Gasteiger partial charge in [-0.15, -0.1) is 0 Å². The van der Waals surface area contributed by atoms with E-state index in [0.29, 0.717) is 6.54 Å². The van der Waals surface area contributed by atoms with Gasteiger partial charge in [0.15, 0.2) is 12.6 Å². The highest BCUT2D eigenvalue weighted by Crippen LogP contribution is 2.32. The summed E-state index contributed by atoms with van der Waals surface area (Å²) in [4.78, 5) is 12.6. The minimum Gasteiger partial charge on any atom is -0.394 e. The van der Waals surface area contributed by atoms with E-state index in [9.17, 15) is 40.5 Å². The molecule has 3 rings (SSSR count). The number of hydrogen-bond donors (Lipinski definition) is 12. The summed E-state index contributed by atoms with van der Waals surface area (Å²) >= 11 is 0. The molecular formula is C23H45N5O12. The van der Waals surface area contributed by atoms with Crippen LogP contribution in [0.15, 0.2) is 0 Å². The Morgan fingerprint density at radius 1 is 0.975 bits per heavy atom. The molecule has 2 aliphatic heterocycles. The number of likely N-dealkylation sites (N-methyl/N-ethyl adjacent to an activating group) is 1. The van der Waals surface area contributed by atoms with Crippen LogP contribution in [-0.2, 0) is 23.7 Å². The molecule has 0 radical (unpaired) electrons. The first-order chi connectivity index (χ1) is 18.9. The van der Waals surface area contributed by atoms with Gasteiger partial charge in [0.05, 0.1) is 30.9 Å². The minimum absolute atomic E-state index is 0.0339. The zero-order chi connectivity index (χ0) is 29.7. The third-order valence-electron chi connectivity index (χ3n) is 7.54. The SMILES string of the molecule is CNC[C@@H]1C[C@H](O)[C@@H](O)[C@@H](O[C@H]2[C@H](O)[C@@H](O[C@H]3O[C@H](CO)[C@@H](O)[C@H](N)[C@H]3O)[C@H](NC(=O)[C@@H](O)CCN)C[C@@H]2N)O1. The first-order valence-electron chi connectivity index (χ1n) is 13.4. The van der Waals surface area contributed by atoms with Crippen molar-refractivity contribution in [3.8, 4) is 0 Å². The molecule has 3 aliphatic rings. The standard InChI is InChI=1S/C23H45N5O12/c1-27-6-8-4-12(31)15(32)22(37-8)39-19-9(25)5-10(28-21(36)11(30)2-3-24)20(18(19)35)40-23-17(34)14(26)16(33)13(7-29)38-23/h8-20,22-23,27,29-35H,2-7,24-26H2,1H3,(H,28,36)/t8-,9-,10+,11-,12-,13+,14-,15+,16+,17+,18-,19+,20-,22+,23+/m0/s1. The molecule has 1 amide bonds. The third kappa shape index (κ3) is 7.63. The van der Waals surface area contributed by atoms with Crippen LogP contribution in [0.1, 0.15) is 19.3 Å². The minimum atomic E-state index is -1.63. The van der Waals surface area contributed by atoms with Gasteiger partial charge in [0.25, 0.3) is 0 Å². The van der Waals surface area contributed by atoms with Gasteiger partial charge >= 0.3 is 0 Å². The molecule has 0 aromatic rings. The lowest BCUT2D eigenvalue weighted by Crippen LogP contribution is -2.69. The summed E-state index contributed by atoms with van der Waals surface area (Å²) in [5.41, 5.74) is 17.6. The number of hydrogen-bond acceptors (Lipinski definition) is 16. The zero-order valence-corrected chi connectivity index (χ0v) is 22.3. The molecule has 17 nitrogen and oxygen atoms in total. The van der Waals surface area contributed by atoms with Crippen molar-refractivity contribution >= 4 is 5.91 Å². The average molecular weight is 584 g/mol. The lowest BCUT2D eigenvalue weighted by molar-refractivity contribution is -0.323. The Labute approximate surface area is 231 Å². The van der Waals surface area contributed by atoms with E-state index in [0.717, 1.165) is 0 Å². The highest BCUT2D eigenvalue weighted by atomic mass is 16.7. The van der Waals surface area contributed by atoms with E-state index in [1.807, 2.05) is 0 Å². The lowest BCUT2D eigenvalue weighted by Gasteiger charge is -2.48. The summed E-state index contributed by atoms with van der Waals surface area (Å²) in [5, 5.41) is 78.1. The van der Waals surface area contributed by atoms with Crippen molar-refractivity contribution in [3.63, 3.8) is 0 Å². The first kappa shape index (κ1) is 33.4. The van der Waals surface area contributed by atoms with E-state index in [1.54, 1.807) is 7.05 Å². The maximum absolute atomic E-state index is 12.6. The maximum atomic E-state index is 12.6. The molecule has 3 fully saturated rings. The Kier molecular flexibility index (Phi) is 12.4. The van der Waals surface area contributed by atoms with Crippen LogP contribution in [0.5, 0.6) is 0 Å². The van der Waals surface area contributed by atoms with Gasteiger partial charge in [0, 0.05) is 19.0 Å². The molecule has 0 bridgehead atoms. The summed E-state index contributed by atoms with van der Waals surface area (Å²) in [6, 6.07) is -3.28. The second-order valence-electron chi connectivity index (χ2n) is 10.6. The molecule has 15 atom stereocenters. The molecule has 0 unspecified atom stereocenters. The lowest BCUT2D eigenvalue weighted by atomic mass is 9.83. The highest BCUT2D eigenvalue weighted by molar-refractivity contribution is 5.80. The van der Waals surface area contributed by atoms with E-state index >= 15 is 0 Å². The van der Waals surface area contributed by atoms with Crippen molar-refractivity contribution in [2.45, 2.75) is 111 Å². The molecule has 0 aromatic heterocycles. The molecule has 234 valence electrons. The van der Waals surface area contributed by atoms with Gasteiger partial charge in [-0.05, 0) is 26.4 Å². The fourth-order valence-corrected chi connectivity index (χ4v) is 5.23. The molecule has 2 heterocycles. The number of aliphatic hydroxyl groups excluding tert-OH is 7. The molecular weight excluding hydrogens is 538 g/mol. The quantitative estimate of drug-likeness (QED) is 0.107. The Hall–Kier alpha value is -1.13. The van der Waals surface area contributed by atoms with Gasteiger partial charge in [0.1, 0.15) is 48.8 Å². The van der Waals surface area contributed by atoms with Crippen LogP contribution in [0.2, 0.25) is 0 Å². The van der Waals surface area contributed by atoms with E-state index < -0.39 is 104 Å². The number of carbonyl (C=O) groups is 1. The van der Waals surface area contributed by atoms with Crippen LogP contribution < -0.4 is 27.8 Å². The predicted octanol–water partition coefficient (Wildman–Crippen LogP) is -7.13. The Morgan fingerprint density at radius 3 is 2.25 bits per heavy atom. The van der Waals surface area contributed by atoms with E-state index in [4.69, 9.17) is 36.1 Å². The van der Waals surface area contributed by atoms with Crippen molar-refractivity contribution in [1.29, 1.82) is 0 Å². The molecule has 0 spiro atoms. The second kappa shape index (κ2) is 14.9. The zero-order valence-electron chi connectivity index (χ0n) is 22.3. The number of aliphatic hydroxyl groups is 7. The van der Waals surface area contributed by atoms with Gasteiger partial charge in [-0.25, -0.2) is 0 Å². The number of ether oxygens (including phenoxy) is 4. The fraction of sp³-hybridized carbons (Fsp3) is 0.957. The average Bonchev–Trinajstić information content (AvgIpc) is 2.91. The van der Waals surface area contributed by atoms with Gasteiger partial charge in [0.2, 0.25) is 5.91 Å². The van der Waals surface area contributed by atoms with Crippen LogP contribution >= 0.6 is 0 Å². The van der Waals surface area contributed by atoms with Crippen LogP contribution in [0.4, 0.5) is 0 Å². The molecule has 2 saturated heterocycles. The maximum Gasteiger partial charge on any atom is 0.249 e. The van der Waals surface area contributed by atoms with Crippen LogP contribution in [0.3, 0.4) is 0 Å². The second-order valence-corrected chi connectivity index (χ2v) is 10.6. The summed E-state index contributed by atoms with van der Waals surface area (Å²) in [6.45, 7) is -0.265. The Bertz CT molecular complexity index is 801. The summed E-state index contributed by atoms with van der Waals surface area (Å²) < 4.78 is 23.0. The van der Waals surface area contributed by atoms with Gasteiger partial charge < -0.3 is 82.5 Å². The van der Waals surface area contributed by atoms with Gasteiger partial charge in [-0.1, -0.05) is 0 Å². The monoisotopic (exact) mass is 583 g/mol. The van der Waals surface area contributed by atoms with Crippen molar-refractivity contribution in [2.75, 3.05) is 26.7 Å². The van der Waals surface area contributed by atoms with Crippen molar-refractivity contribution in [3.05, 3.63) is 0 Å². The molecule has 1 saturated carbocycles. The van der Waals surface area contributed by atoms with E-state index in [1.165, 1.54) is 0 Å². The number of nitrogens with one attached hydrogen (secondary N) is 2.